The SMILES string of the molecule is CC(C)(C)OC(=O)NC1CCCN(c2nc(NI)ncc2Br)C1. The highest BCUT2D eigenvalue weighted by molar-refractivity contribution is 14.1. The minimum Gasteiger partial charge on any atom is -0.444 e. The van der Waals surface area contributed by atoms with Crippen molar-refractivity contribution in [2.75, 3.05) is 21.5 Å². The monoisotopic (exact) mass is 497 g/mol. The second kappa shape index (κ2) is 7.82. The van der Waals surface area contributed by atoms with E-state index in [0.29, 0.717) is 12.5 Å². The molecule has 2 rings (SSSR count). The molecule has 2 N–H and O–H groups in total. The molecule has 0 bridgehead atoms. The van der Waals surface area contributed by atoms with E-state index < -0.39 is 5.60 Å². The number of nitrogens with zero attached hydrogens (tertiary/aromatic N) is 3. The largest absolute Gasteiger partial charge is 0.444 e. The van der Waals surface area contributed by atoms with Gasteiger partial charge in [-0.1, -0.05) is 0 Å². The second-order valence-electron chi connectivity index (χ2n) is 6.39. The van der Waals surface area contributed by atoms with Crippen LogP contribution in [0.3, 0.4) is 0 Å². The topological polar surface area (TPSA) is 79.4 Å². The maximum absolute atomic E-state index is 11.9. The zero-order chi connectivity index (χ0) is 17.0. The molecular weight excluding hydrogens is 477 g/mol. The smallest absolute Gasteiger partial charge is 0.407 e. The van der Waals surface area contributed by atoms with Gasteiger partial charge in [-0.05, 0) is 49.5 Å². The van der Waals surface area contributed by atoms with Crippen LogP contribution in [0.2, 0.25) is 0 Å². The molecule has 0 aliphatic carbocycles. The lowest BCUT2D eigenvalue weighted by Crippen LogP contribution is -2.49. The highest BCUT2D eigenvalue weighted by atomic mass is 127. The first-order valence-corrected chi connectivity index (χ1v) is 9.29. The van der Waals surface area contributed by atoms with Gasteiger partial charge in [0.2, 0.25) is 5.95 Å². The number of hydrogen-bond acceptors (Lipinski definition) is 6. The first-order chi connectivity index (χ1) is 10.8. The fraction of sp³-hybridized carbons (Fsp3) is 0.643. The minimum atomic E-state index is -0.491. The van der Waals surface area contributed by atoms with Crippen molar-refractivity contribution in [3.63, 3.8) is 0 Å². The predicted molar refractivity (Wildman–Crippen MR) is 102 cm³/mol. The average molecular weight is 498 g/mol. The number of piperidine rings is 1. The number of carbonyl (C=O) groups is 1. The van der Waals surface area contributed by atoms with Crippen LogP contribution >= 0.6 is 38.8 Å². The molecule has 1 amide bonds. The van der Waals surface area contributed by atoms with Gasteiger partial charge in [-0.15, -0.1) is 0 Å². The van der Waals surface area contributed by atoms with Gasteiger partial charge >= 0.3 is 6.09 Å². The number of alkyl carbamates (subject to hydrolysis) is 1. The van der Waals surface area contributed by atoms with Gasteiger partial charge in [0.05, 0.1) is 27.3 Å². The Bertz CT molecular complexity index is 567. The molecule has 0 spiro atoms. The summed E-state index contributed by atoms with van der Waals surface area (Å²) in [6, 6.07) is 0.0384. The van der Waals surface area contributed by atoms with E-state index in [0.717, 1.165) is 29.7 Å². The number of aromatic nitrogens is 2. The number of hydrogen-bond donors (Lipinski definition) is 2. The van der Waals surface area contributed by atoms with Crippen molar-refractivity contribution in [2.24, 2.45) is 0 Å². The molecule has 1 unspecified atom stereocenters. The van der Waals surface area contributed by atoms with E-state index >= 15 is 0 Å². The van der Waals surface area contributed by atoms with Crippen LogP contribution in [0.1, 0.15) is 33.6 Å². The molecule has 2 heterocycles. The fourth-order valence-electron chi connectivity index (χ4n) is 2.39. The maximum atomic E-state index is 11.9. The zero-order valence-corrected chi connectivity index (χ0v) is 17.1. The molecule has 23 heavy (non-hydrogen) atoms. The molecule has 0 saturated carbocycles. The average Bonchev–Trinajstić information content (AvgIpc) is 2.46. The number of ether oxygens (including phenoxy) is 1. The Morgan fingerprint density at radius 3 is 2.91 bits per heavy atom. The van der Waals surface area contributed by atoms with Gasteiger partial charge in [-0.3, -0.25) is 3.53 Å². The van der Waals surface area contributed by atoms with Gasteiger partial charge in [0.25, 0.3) is 0 Å². The van der Waals surface area contributed by atoms with E-state index in [1.807, 2.05) is 43.6 Å². The summed E-state index contributed by atoms with van der Waals surface area (Å²) in [5.74, 6) is 1.39. The molecular formula is C14H21BrIN5O2. The Kier molecular flexibility index (Phi) is 6.29. The van der Waals surface area contributed by atoms with Crippen molar-refractivity contribution < 1.29 is 9.53 Å². The molecule has 0 radical (unpaired) electrons. The van der Waals surface area contributed by atoms with E-state index in [-0.39, 0.29) is 12.1 Å². The predicted octanol–water partition coefficient (Wildman–Crippen LogP) is 3.49. The van der Waals surface area contributed by atoms with Crippen molar-refractivity contribution in [3.8, 4) is 0 Å². The number of nitrogens with one attached hydrogen (secondary N) is 2. The fourth-order valence-corrected chi connectivity index (χ4v) is 3.09. The van der Waals surface area contributed by atoms with E-state index in [1.54, 1.807) is 6.20 Å². The van der Waals surface area contributed by atoms with Crippen LogP contribution in [0.25, 0.3) is 0 Å². The summed E-state index contributed by atoms with van der Waals surface area (Å²) >= 11 is 5.50. The summed E-state index contributed by atoms with van der Waals surface area (Å²) in [6.45, 7) is 7.15. The highest BCUT2D eigenvalue weighted by Gasteiger charge is 2.26. The van der Waals surface area contributed by atoms with Crippen LogP contribution in [0.15, 0.2) is 10.7 Å². The molecule has 128 valence electrons. The summed E-state index contributed by atoms with van der Waals surface area (Å²) < 4.78 is 9.08. The summed E-state index contributed by atoms with van der Waals surface area (Å²) in [5.41, 5.74) is -0.491. The van der Waals surface area contributed by atoms with Crippen molar-refractivity contribution in [1.29, 1.82) is 0 Å². The van der Waals surface area contributed by atoms with Crippen molar-refractivity contribution >= 4 is 56.7 Å². The third-order valence-electron chi connectivity index (χ3n) is 3.25. The molecule has 0 aromatic carbocycles. The van der Waals surface area contributed by atoms with Crippen molar-refractivity contribution in [3.05, 3.63) is 10.7 Å². The normalized spacial score (nSPS) is 18.5. The quantitative estimate of drug-likeness (QED) is 0.491. The second-order valence-corrected chi connectivity index (χ2v) is 7.78. The summed E-state index contributed by atoms with van der Waals surface area (Å²) in [4.78, 5) is 22.7. The lowest BCUT2D eigenvalue weighted by Gasteiger charge is -2.34. The van der Waals surface area contributed by atoms with Gasteiger partial charge in [0.1, 0.15) is 11.4 Å². The van der Waals surface area contributed by atoms with Crippen molar-refractivity contribution in [2.45, 2.75) is 45.3 Å². The lowest BCUT2D eigenvalue weighted by molar-refractivity contribution is 0.0500. The number of amides is 1. The van der Waals surface area contributed by atoms with Crippen LogP contribution in [0, 0.1) is 0 Å². The first kappa shape index (κ1) is 18.5. The molecule has 1 aromatic rings. The molecule has 1 aliphatic heterocycles. The Hall–Kier alpha value is -0.840. The number of halogens is 2. The summed E-state index contributed by atoms with van der Waals surface area (Å²) in [5, 5.41) is 2.94. The first-order valence-electron chi connectivity index (χ1n) is 7.42. The molecule has 7 nitrogen and oxygen atoms in total. The number of rotatable bonds is 3. The van der Waals surface area contributed by atoms with E-state index in [9.17, 15) is 4.79 Å². The molecule has 1 saturated heterocycles. The van der Waals surface area contributed by atoms with Crippen LogP contribution in [0.4, 0.5) is 16.6 Å². The van der Waals surface area contributed by atoms with Gasteiger partial charge in [0, 0.05) is 25.3 Å². The summed E-state index contributed by atoms with van der Waals surface area (Å²) in [6.07, 6.45) is 3.26. The van der Waals surface area contributed by atoms with Crippen LogP contribution < -0.4 is 13.7 Å². The third-order valence-corrected chi connectivity index (χ3v) is 4.29. The van der Waals surface area contributed by atoms with Crippen LogP contribution in [-0.4, -0.2) is 40.8 Å². The molecule has 1 fully saturated rings. The Morgan fingerprint density at radius 2 is 2.26 bits per heavy atom. The van der Waals surface area contributed by atoms with Gasteiger partial charge < -0.3 is 15.0 Å². The minimum absolute atomic E-state index is 0.0384. The van der Waals surface area contributed by atoms with Gasteiger partial charge in [-0.2, -0.15) is 4.98 Å². The van der Waals surface area contributed by atoms with Crippen LogP contribution in [0.5, 0.6) is 0 Å². The van der Waals surface area contributed by atoms with Crippen molar-refractivity contribution in [1.82, 2.24) is 15.3 Å². The molecule has 1 aliphatic rings. The van der Waals surface area contributed by atoms with E-state index in [1.165, 1.54) is 0 Å². The molecule has 9 heteroatoms. The van der Waals surface area contributed by atoms with Gasteiger partial charge in [-0.25, -0.2) is 9.78 Å². The lowest BCUT2D eigenvalue weighted by atomic mass is 10.1. The van der Waals surface area contributed by atoms with E-state index in [2.05, 4.69) is 39.6 Å². The maximum Gasteiger partial charge on any atom is 0.407 e. The number of carbonyl (C=O) groups excluding carboxylic acids is 1. The summed E-state index contributed by atoms with van der Waals surface area (Å²) in [7, 11) is 0. The third kappa shape index (κ3) is 5.63. The molecule has 1 atom stereocenters. The Morgan fingerprint density at radius 1 is 1.52 bits per heavy atom. The van der Waals surface area contributed by atoms with Gasteiger partial charge in [0.15, 0.2) is 0 Å². The van der Waals surface area contributed by atoms with Crippen LogP contribution in [-0.2, 0) is 4.74 Å². The highest BCUT2D eigenvalue weighted by Crippen LogP contribution is 2.27. The standard InChI is InChI=1S/C14H21BrIN5O2/c1-14(2,3)23-13(22)18-9-5-4-6-21(8-9)11-10(15)7-17-12(19-11)20-16/h7,9H,4-6,8H2,1-3H3,(H,18,22)(H,17,19,20). The Labute approximate surface area is 158 Å². The molecule has 1 aromatic heterocycles. The number of anilines is 2. The zero-order valence-electron chi connectivity index (χ0n) is 13.4. The Balaban J connectivity index is 2.02. The van der Waals surface area contributed by atoms with E-state index in [4.69, 9.17) is 4.74 Å².